The summed E-state index contributed by atoms with van der Waals surface area (Å²) in [6.07, 6.45) is 2.25. The van der Waals surface area contributed by atoms with E-state index in [0.29, 0.717) is 13.0 Å². The number of aliphatic imine (C=N–C) groups is 1. The second kappa shape index (κ2) is 13.7. The van der Waals surface area contributed by atoms with Gasteiger partial charge in [0.25, 0.3) is 0 Å². The van der Waals surface area contributed by atoms with E-state index in [9.17, 15) is 4.79 Å². The number of benzene rings is 1. The molecule has 7 heteroatoms. The molecule has 0 bridgehead atoms. The van der Waals surface area contributed by atoms with Gasteiger partial charge < -0.3 is 20.1 Å². The molecule has 0 spiro atoms. The highest BCUT2D eigenvalue weighted by Crippen LogP contribution is 2.21. The Bertz CT molecular complexity index is 577. The summed E-state index contributed by atoms with van der Waals surface area (Å²) >= 11 is 0. The number of nitrogens with one attached hydrogen (secondary N) is 2. The van der Waals surface area contributed by atoms with Gasteiger partial charge in [-0.25, -0.2) is 0 Å². The van der Waals surface area contributed by atoms with Gasteiger partial charge in [-0.1, -0.05) is 12.1 Å². The summed E-state index contributed by atoms with van der Waals surface area (Å²) in [6, 6.07) is 6.21. The van der Waals surface area contributed by atoms with E-state index in [-0.39, 0.29) is 36.0 Å². The molecule has 0 atom stereocenters. The molecule has 1 rings (SSSR count). The van der Waals surface area contributed by atoms with E-state index >= 15 is 0 Å². The van der Waals surface area contributed by atoms with Crippen LogP contribution >= 0.6 is 24.0 Å². The van der Waals surface area contributed by atoms with Gasteiger partial charge in [0.1, 0.15) is 5.75 Å². The van der Waals surface area contributed by atoms with E-state index in [4.69, 9.17) is 4.74 Å². The molecule has 0 fully saturated rings. The number of ether oxygens (including phenoxy) is 2. The van der Waals surface area contributed by atoms with Crippen molar-refractivity contribution >= 4 is 35.9 Å². The maximum atomic E-state index is 11.1. The normalized spacial score (nSPS) is 10.9. The van der Waals surface area contributed by atoms with E-state index in [0.717, 1.165) is 36.7 Å². The Balaban J connectivity index is 0.00000625. The molecule has 0 aromatic heterocycles. The highest BCUT2D eigenvalue weighted by molar-refractivity contribution is 14.0. The number of methoxy groups -OCH3 is 1. The summed E-state index contributed by atoms with van der Waals surface area (Å²) in [5.74, 6) is 1.46. The van der Waals surface area contributed by atoms with Crippen LogP contribution in [0, 0.1) is 6.92 Å². The lowest BCUT2D eigenvalue weighted by atomic mass is 10.1. The highest BCUT2D eigenvalue weighted by atomic mass is 127. The average molecular weight is 477 g/mol. The Kier molecular flexibility index (Phi) is 12.9. The molecule has 26 heavy (non-hydrogen) atoms. The molecule has 0 aliphatic rings. The molecule has 6 nitrogen and oxygen atoms in total. The van der Waals surface area contributed by atoms with E-state index in [1.54, 1.807) is 7.05 Å². The smallest absolute Gasteiger partial charge is 0.305 e. The molecule has 0 aliphatic heterocycles. The number of nitrogens with zero attached hydrogens (tertiary/aromatic N) is 1. The summed E-state index contributed by atoms with van der Waals surface area (Å²) in [7, 11) is 3.15. The van der Waals surface area contributed by atoms with Crippen LogP contribution in [0.25, 0.3) is 0 Å². The van der Waals surface area contributed by atoms with Gasteiger partial charge in [-0.05, 0) is 45.2 Å². The molecule has 0 amide bonds. The van der Waals surface area contributed by atoms with E-state index in [1.165, 1.54) is 12.7 Å². The summed E-state index contributed by atoms with van der Waals surface area (Å²) in [5.41, 5.74) is 2.26. The fourth-order valence-electron chi connectivity index (χ4n) is 2.27. The lowest BCUT2D eigenvalue weighted by Gasteiger charge is -2.17. The Hall–Kier alpha value is -1.51. The maximum absolute atomic E-state index is 11.1. The highest BCUT2D eigenvalue weighted by Gasteiger charge is 2.07. The number of carbonyl (C=O) groups is 1. The number of aryl methyl sites for hydroxylation is 1. The van der Waals surface area contributed by atoms with Gasteiger partial charge in [-0.3, -0.25) is 9.79 Å². The second-order valence-corrected chi connectivity index (χ2v) is 6.16. The first kappa shape index (κ1) is 24.5. The van der Waals surface area contributed by atoms with Crippen molar-refractivity contribution in [2.45, 2.75) is 52.7 Å². The molecule has 0 radical (unpaired) electrons. The molecule has 0 saturated carbocycles. The summed E-state index contributed by atoms with van der Waals surface area (Å²) in [6.45, 7) is 7.48. The third kappa shape index (κ3) is 9.84. The average Bonchev–Trinajstić information content (AvgIpc) is 2.57. The third-order valence-corrected chi connectivity index (χ3v) is 3.58. The van der Waals surface area contributed by atoms with Crippen LogP contribution < -0.4 is 15.4 Å². The minimum absolute atomic E-state index is 0. The van der Waals surface area contributed by atoms with Crippen molar-refractivity contribution in [3.05, 3.63) is 29.3 Å². The molecule has 2 N–H and O–H groups in total. The van der Waals surface area contributed by atoms with E-state index in [2.05, 4.69) is 45.5 Å². The van der Waals surface area contributed by atoms with Gasteiger partial charge in [0.15, 0.2) is 5.96 Å². The van der Waals surface area contributed by atoms with Crippen LogP contribution in [-0.2, 0) is 16.1 Å². The Morgan fingerprint density at radius 1 is 1.23 bits per heavy atom. The number of unbranched alkanes of at least 4 members (excludes halogenated alkanes) is 1. The Morgan fingerprint density at radius 2 is 1.96 bits per heavy atom. The second-order valence-electron chi connectivity index (χ2n) is 6.16. The molecule has 0 aliphatic carbocycles. The van der Waals surface area contributed by atoms with Crippen LogP contribution in [-0.4, -0.2) is 38.7 Å². The lowest BCUT2D eigenvalue weighted by molar-refractivity contribution is -0.140. The van der Waals surface area contributed by atoms with Gasteiger partial charge in [-0.15, -0.1) is 24.0 Å². The lowest BCUT2D eigenvalue weighted by Crippen LogP contribution is -2.37. The van der Waals surface area contributed by atoms with Crippen LogP contribution in [0.2, 0.25) is 0 Å². The number of guanidine groups is 1. The van der Waals surface area contributed by atoms with Crippen molar-refractivity contribution in [1.29, 1.82) is 0 Å². The van der Waals surface area contributed by atoms with Gasteiger partial charge in [0, 0.05) is 32.1 Å². The van der Waals surface area contributed by atoms with Crippen molar-refractivity contribution in [3.63, 3.8) is 0 Å². The summed E-state index contributed by atoms with van der Waals surface area (Å²) < 4.78 is 10.5. The molecule has 1 aromatic carbocycles. The summed E-state index contributed by atoms with van der Waals surface area (Å²) in [5, 5.41) is 6.55. The van der Waals surface area contributed by atoms with Crippen molar-refractivity contribution in [3.8, 4) is 5.75 Å². The largest absolute Gasteiger partial charge is 0.491 e. The first-order valence-electron chi connectivity index (χ1n) is 8.73. The minimum Gasteiger partial charge on any atom is -0.491 e. The molecule has 1 aromatic rings. The predicted octanol–water partition coefficient (Wildman–Crippen LogP) is 3.41. The minimum atomic E-state index is -0.167. The maximum Gasteiger partial charge on any atom is 0.305 e. The first-order chi connectivity index (χ1) is 12.0. The first-order valence-corrected chi connectivity index (χ1v) is 8.73. The fourth-order valence-corrected chi connectivity index (χ4v) is 2.27. The number of rotatable bonds is 9. The van der Waals surface area contributed by atoms with Crippen LogP contribution in [0.5, 0.6) is 5.75 Å². The van der Waals surface area contributed by atoms with Crippen molar-refractivity contribution < 1.29 is 14.3 Å². The molecule has 0 unspecified atom stereocenters. The summed E-state index contributed by atoms with van der Waals surface area (Å²) in [4.78, 5) is 15.3. The molecule has 148 valence electrons. The van der Waals surface area contributed by atoms with E-state index < -0.39 is 0 Å². The van der Waals surface area contributed by atoms with Crippen LogP contribution in [0.1, 0.15) is 44.2 Å². The van der Waals surface area contributed by atoms with E-state index in [1.807, 2.05) is 13.8 Å². The molecule has 0 saturated heterocycles. The van der Waals surface area contributed by atoms with Gasteiger partial charge in [0.05, 0.1) is 13.2 Å². The fraction of sp³-hybridized carbons (Fsp3) is 0.579. The Labute approximate surface area is 174 Å². The zero-order valence-electron chi connectivity index (χ0n) is 16.4. The standard InChI is InChI=1S/C19H31N3O3.HI/c1-14(2)25-17-12-15(3)9-10-16(17)13-22-19(20-4)21-11-7-6-8-18(23)24-5;/h9-10,12,14H,6-8,11,13H2,1-5H3,(H2,20,21,22);1H. The Morgan fingerprint density at radius 3 is 2.58 bits per heavy atom. The zero-order chi connectivity index (χ0) is 18.7. The van der Waals surface area contributed by atoms with Gasteiger partial charge >= 0.3 is 5.97 Å². The number of esters is 1. The number of carbonyl (C=O) groups excluding carboxylic acids is 1. The number of halogens is 1. The molecular weight excluding hydrogens is 445 g/mol. The third-order valence-electron chi connectivity index (χ3n) is 3.58. The molecular formula is C19H32IN3O3. The molecule has 0 heterocycles. The van der Waals surface area contributed by atoms with Crippen LogP contribution in [0.4, 0.5) is 0 Å². The quantitative estimate of drug-likeness (QED) is 0.188. The van der Waals surface area contributed by atoms with Gasteiger partial charge in [-0.2, -0.15) is 0 Å². The van der Waals surface area contributed by atoms with Crippen molar-refractivity contribution in [2.75, 3.05) is 20.7 Å². The van der Waals surface area contributed by atoms with Crippen LogP contribution in [0.15, 0.2) is 23.2 Å². The monoisotopic (exact) mass is 477 g/mol. The van der Waals surface area contributed by atoms with Crippen LogP contribution in [0.3, 0.4) is 0 Å². The van der Waals surface area contributed by atoms with Gasteiger partial charge in [0.2, 0.25) is 0 Å². The predicted molar refractivity (Wildman–Crippen MR) is 116 cm³/mol. The van der Waals surface area contributed by atoms with Crippen molar-refractivity contribution in [2.24, 2.45) is 4.99 Å². The SMILES string of the molecule is CN=C(NCCCCC(=O)OC)NCc1ccc(C)cc1OC(C)C.I. The number of hydrogen-bond donors (Lipinski definition) is 2. The number of hydrogen-bond acceptors (Lipinski definition) is 4. The van der Waals surface area contributed by atoms with Crippen molar-refractivity contribution in [1.82, 2.24) is 10.6 Å². The zero-order valence-corrected chi connectivity index (χ0v) is 18.8. The topological polar surface area (TPSA) is 72.0 Å².